The molecule has 0 saturated carbocycles. The molecule has 0 bridgehead atoms. The normalized spacial score (nSPS) is 11.2. The van der Waals surface area contributed by atoms with Crippen LogP contribution in [0.3, 0.4) is 0 Å². The van der Waals surface area contributed by atoms with Crippen molar-refractivity contribution in [3.8, 4) is 28.2 Å². The highest BCUT2D eigenvalue weighted by molar-refractivity contribution is 6.32. The van der Waals surface area contributed by atoms with Gasteiger partial charge in [0.1, 0.15) is 0 Å². The number of benzene rings is 3. The number of nitrogens with one attached hydrogen (secondary N) is 1. The van der Waals surface area contributed by atoms with Crippen LogP contribution in [0.2, 0.25) is 5.02 Å². The van der Waals surface area contributed by atoms with Crippen molar-refractivity contribution in [2.45, 2.75) is 52.5 Å². The molecule has 1 N–H and O–H groups in total. The summed E-state index contributed by atoms with van der Waals surface area (Å²) in [5, 5.41) is 15.4. The Bertz CT molecular complexity index is 1570. The first-order chi connectivity index (χ1) is 18.6. The molecule has 38 heavy (non-hydrogen) atoms. The van der Waals surface area contributed by atoms with Crippen molar-refractivity contribution in [3.05, 3.63) is 105 Å². The number of para-hydroxylation sites is 1. The van der Waals surface area contributed by atoms with Gasteiger partial charge in [-0.3, -0.25) is 9.13 Å². The van der Waals surface area contributed by atoms with Gasteiger partial charge < -0.3 is 0 Å². The first-order valence-corrected chi connectivity index (χ1v) is 13.5. The summed E-state index contributed by atoms with van der Waals surface area (Å²) in [5.41, 5.74) is 6.68. The molecule has 0 spiro atoms. The minimum absolute atomic E-state index is 0.0881. The summed E-state index contributed by atoms with van der Waals surface area (Å²) < 4.78 is 3.60. The SMILES string of the molecule is CCCCc1cn(-c2c(Cl)cccc2CCC)c(=O)n1Cc1ccc(-c2ccccc2)c(-c2nn[nH]n2)c1. The Hall–Kier alpha value is -3.97. The van der Waals surface area contributed by atoms with Crippen molar-refractivity contribution in [1.29, 1.82) is 0 Å². The fraction of sp³-hybridized carbons (Fsp3) is 0.267. The van der Waals surface area contributed by atoms with E-state index in [1.165, 1.54) is 0 Å². The molecule has 2 aromatic heterocycles. The quantitative estimate of drug-likeness (QED) is 0.226. The highest BCUT2D eigenvalue weighted by Crippen LogP contribution is 2.31. The summed E-state index contributed by atoms with van der Waals surface area (Å²) >= 11 is 6.66. The van der Waals surface area contributed by atoms with Crippen molar-refractivity contribution in [1.82, 2.24) is 29.8 Å². The highest BCUT2D eigenvalue weighted by atomic mass is 35.5. The van der Waals surface area contributed by atoms with Crippen molar-refractivity contribution in [3.63, 3.8) is 0 Å². The predicted molar refractivity (Wildman–Crippen MR) is 152 cm³/mol. The Morgan fingerprint density at radius 1 is 0.921 bits per heavy atom. The van der Waals surface area contributed by atoms with Gasteiger partial charge in [0.05, 0.1) is 17.3 Å². The molecule has 7 nitrogen and oxygen atoms in total. The number of nitrogens with zero attached hydrogens (tertiary/aromatic N) is 5. The maximum Gasteiger partial charge on any atom is 0.333 e. The van der Waals surface area contributed by atoms with Gasteiger partial charge in [-0.2, -0.15) is 5.21 Å². The molecule has 0 saturated heterocycles. The van der Waals surface area contributed by atoms with Crippen LogP contribution in [0.1, 0.15) is 49.9 Å². The fourth-order valence-electron chi connectivity index (χ4n) is 4.92. The Morgan fingerprint density at radius 3 is 2.50 bits per heavy atom. The highest BCUT2D eigenvalue weighted by Gasteiger charge is 2.19. The Morgan fingerprint density at radius 2 is 1.76 bits per heavy atom. The third-order valence-corrected chi connectivity index (χ3v) is 7.08. The number of unbranched alkanes of at least 4 members (excludes halogenated alkanes) is 1. The van der Waals surface area contributed by atoms with Crippen LogP contribution in [0.15, 0.2) is 77.7 Å². The molecular weight excluding hydrogens is 496 g/mol. The second-order valence-electron chi connectivity index (χ2n) is 9.44. The Labute approximate surface area is 227 Å². The van der Waals surface area contributed by atoms with E-state index in [9.17, 15) is 4.79 Å². The summed E-state index contributed by atoms with van der Waals surface area (Å²) in [6.07, 6.45) is 6.64. The largest absolute Gasteiger partial charge is 0.333 e. The van der Waals surface area contributed by atoms with Crippen LogP contribution in [0.4, 0.5) is 0 Å². The fourth-order valence-corrected chi connectivity index (χ4v) is 5.20. The molecule has 0 aliphatic heterocycles. The van der Waals surface area contributed by atoms with Gasteiger partial charge >= 0.3 is 5.69 Å². The van der Waals surface area contributed by atoms with E-state index in [0.717, 1.165) is 71.3 Å². The van der Waals surface area contributed by atoms with E-state index in [1.54, 1.807) is 4.57 Å². The van der Waals surface area contributed by atoms with Crippen LogP contribution in [-0.4, -0.2) is 29.8 Å². The molecule has 0 aliphatic rings. The van der Waals surface area contributed by atoms with Gasteiger partial charge in [0.25, 0.3) is 0 Å². The summed E-state index contributed by atoms with van der Waals surface area (Å²) in [5.74, 6) is 0.516. The lowest BCUT2D eigenvalue weighted by molar-refractivity contribution is 0.673. The van der Waals surface area contributed by atoms with Crippen LogP contribution in [0.25, 0.3) is 28.2 Å². The molecule has 8 heteroatoms. The van der Waals surface area contributed by atoms with Crippen molar-refractivity contribution in [2.75, 3.05) is 0 Å². The molecule has 5 rings (SSSR count). The number of rotatable bonds is 10. The minimum Gasteiger partial charge on any atom is -0.292 e. The van der Waals surface area contributed by atoms with Crippen LogP contribution >= 0.6 is 11.6 Å². The zero-order valence-corrected chi connectivity index (χ0v) is 22.4. The average Bonchev–Trinajstić information content (AvgIpc) is 3.58. The summed E-state index contributed by atoms with van der Waals surface area (Å²) in [4.78, 5) is 13.9. The van der Waals surface area contributed by atoms with Crippen LogP contribution in [0.5, 0.6) is 0 Å². The van der Waals surface area contributed by atoms with E-state index in [0.29, 0.717) is 17.4 Å². The number of halogens is 1. The van der Waals surface area contributed by atoms with Crippen molar-refractivity contribution >= 4 is 11.6 Å². The lowest BCUT2D eigenvalue weighted by Crippen LogP contribution is -2.25. The summed E-state index contributed by atoms with van der Waals surface area (Å²) in [7, 11) is 0. The topological polar surface area (TPSA) is 81.4 Å². The average molecular weight is 527 g/mol. The zero-order chi connectivity index (χ0) is 26.5. The lowest BCUT2D eigenvalue weighted by atomic mass is 9.97. The molecule has 194 valence electrons. The van der Waals surface area contributed by atoms with Crippen LogP contribution in [-0.2, 0) is 19.4 Å². The van der Waals surface area contributed by atoms with E-state index in [1.807, 2.05) is 41.1 Å². The van der Waals surface area contributed by atoms with Gasteiger partial charge in [0.2, 0.25) is 5.82 Å². The molecule has 5 aromatic rings. The maximum absolute atomic E-state index is 13.9. The third-order valence-electron chi connectivity index (χ3n) is 6.77. The summed E-state index contributed by atoms with van der Waals surface area (Å²) in [6, 6.07) is 22.2. The number of imidazole rings is 1. The number of aryl methyl sites for hydroxylation is 2. The monoisotopic (exact) mass is 526 g/mol. The van der Waals surface area contributed by atoms with Crippen LogP contribution in [0, 0.1) is 0 Å². The van der Waals surface area contributed by atoms with Gasteiger partial charge in [-0.15, -0.1) is 10.2 Å². The lowest BCUT2D eigenvalue weighted by Gasteiger charge is -2.12. The molecule has 0 radical (unpaired) electrons. The predicted octanol–water partition coefficient (Wildman–Crippen LogP) is 6.48. The molecule has 0 amide bonds. The van der Waals surface area contributed by atoms with E-state index >= 15 is 0 Å². The summed E-state index contributed by atoms with van der Waals surface area (Å²) in [6.45, 7) is 4.72. The second kappa shape index (κ2) is 11.6. The third kappa shape index (κ3) is 5.20. The smallest absolute Gasteiger partial charge is 0.292 e. The van der Waals surface area contributed by atoms with E-state index < -0.39 is 0 Å². The Balaban J connectivity index is 1.60. The first kappa shape index (κ1) is 25.7. The number of hydrogen-bond acceptors (Lipinski definition) is 4. The van der Waals surface area contributed by atoms with Crippen LogP contribution < -0.4 is 5.69 Å². The number of hydrogen-bond donors (Lipinski definition) is 1. The molecular formula is C30H31ClN6O. The first-order valence-electron chi connectivity index (χ1n) is 13.1. The Kier molecular flexibility index (Phi) is 7.84. The molecule has 0 atom stereocenters. The van der Waals surface area contributed by atoms with Crippen molar-refractivity contribution < 1.29 is 0 Å². The maximum atomic E-state index is 13.9. The second-order valence-corrected chi connectivity index (χ2v) is 9.85. The van der Waals surface area contributed by atoms with E-state index in [-0.39, 0.29) is 5.69 Å². The van der Waals surface area contributed by atoms with Gasteiger partial charge in [0.15, 0.2) is 0 Å². The van der Waals surface area contributed by atoms with Gasteiger partial charge in [-0.05, 0) is 58.9 Å². The molecule has 3 aromatic carbocycles. The number of H-pyrrole nitrogens is 1. The molecule has 2 heterocycles. The minimum atomic E-state index is -0.0881. The standard InChI is InChI=1S/C30H31ClN6O/c1-3-5-14-24-20-37(28-23(10-4-2)13-9-15-27(28)31)30(38)36(24)19-21-16-17-25(22-11-7-6-8-12-22)26(18-21)29-32-34-35-33-29/h6-9,11-13,15-18,20H,3-5,10,14,19H2,1-2H3,(H,32,33,34,35). The van der Waals surface area contributed by atoms with E-state index in [2.05, 4.69) is 70.9 Å². The van der Waals surface area contributed by atoms with Gasteiger partial charge in [-0.1, -0.05) is 92.9 Å². The molecule has 0 fully saturated rings. The molecule has 0 unspecified atom stereocenters. The van der Waals surface area contributed by atoms with Gasteiger partial charge in [-0.25, -0.2) is 4.79 Å². The van der Waals surface area contributed by atoms with Gasteiger partial charge in [0, 0.05) is 17.5 Å². The zero-order valence-electron chi connectivity index (χ0n) is 21.7. The van der Waals surface area contributed by atoms with Crippen molar-refractivity contribution in [2.24, 2.45) is 0 Å². The number of aromatic amines is 1. The van der Waals surface area contributed by atoms with E-state index in [4.69, 9.17) is 11.6 Å². The molecule has 0 aliphatic carbocycles. The number of tetrazole rings is 1. The number of aromatic nitrogens is 6.